The van der Waals surface area contributed by atoms with Crippen LogP contribution in [0.25, 0.3) is 0 Å². The van der Waals surface area contributed by atoms with Gasteiger partial charge in [-0.05, 0) is 13.3 Å². The van der Waals surface area contributed by atoms with E-state index < -0.39 is 12.0 Å². The van der Waals surface area contributed by atoms with E-state index in [1.54, 1.807) is 0 Å². The fourth-order valence-electron chi connectivity index (χ4n) is 1.20. The Kier molecular flexibility index (Phi) is 6.11. The number of hydrogen-bond donors (Lipinski definition) is 1. The van der Waals surface area contributed by atoms with Crippen LogP contribution in [0.2, 0.25) is 0 Å². The summed E-state index contributed by atoms with van der Waals surface area (Å²) in [6, 6.07) is 1.04. The second-order valence-corrected chi connectivity index (χ2v) is 3.26. The third-order valence-corrected chi connectivity index (χ3v) is 2.07. The molecular weight excluding hydrogens is 196 g/mol. The first-order chi connectivity index (χ1) is 7.04. The van der Waals surface area contributed by atoms with Crippen molar-refractivity contribution in [1.82, 2.24) is 4.90 Å². The summed E-state index contributed by atoms with van der Waals surface area (Å²) in [5, 5.41) is 17.2. The Labute approximate surface area is 89.3 Å². The minimum atomic E-state index is -1.04. The molecule has 0 radical (unpaired) electrons. The lowest BCUT2D eigenvalue weighted by Crippen LogP contribution is -2.43. The molecule has 0 aromatic heterocycles. The molecule has 0 fully saturated rings. The number of nitrogens with zero attached hydrogens (tertiary/aromatic N) is 2. The van der Waals surface area contributed by atoms with Gasteiger partial charge < -0.3 is 10.0 Å². The van der Waals surface area contributed by atoms with E-state index in [-0.39, 0.29) is 18.9 Å². The van der Waals surface area contributed by atoms with Gasteiger partial charge in [-0.3, -0.25) is 4.79 Å². The lowest BCUT2D eigenvalue weighted by Gasteiger charge is -2.25. The van der Waals surface area contributed by atoms with Crippen LogP contribution < -0.4 is 0 Å². The normalized spacial score (nSPS) is 11.5. The lowest BCUT2D eigenvalue weighted by atomic mass is 10.2. The fourth-order valence-corrected chi connectivity index (χ4v) is 1.20. The Morgan fingerprint density at radius 3 is 2.53 bits per heavy atom. The summed E-state index contributed by atoms with van der Waals surface area (Å²) in [6.45, 7) is 3.49. The number of aliphatic carboxylic acids is 1. The van der Waals surface area contributed by atoms with Crippen molar-refractivity contribution < 1.29 is 14.7 Å². The molecule has 1 unspecified atom stereocenters. The Balaban J connectivity index is 4.50. The molecule has 0 aliphatic carbocycles. The van der Waals surface area contributed by atoms with Crippen molar-refractivity contribution in [2.75, 3.05) is 6.54 Å². The van der Waals surface area contributed by atoms with Gasteiger partial charge >= 0.3 is 5.97 Å². The maximum Gasteiger partial charge on any atom is 0.326 e. The van der Waals surface area contributed by atoms with Gasteiger partial charge in [0.2, 0.25) is 5.91 Å². The number of nitriles is 1. The molecule has 1 amide bonds. The molecule has 0 rings (SSSR count). The van der Waals surface area contributed by atoms with E-state index in [2.05, 4.69) is 0 Å². The lowest BCUT2D eigenvalue weighted by molar-refractivity contribution is -0.149. The third kappa shape index (κ3) is 4.45. The molecule has 5 nitrogen and oxygen atoms in total. The van der Waals surface area contributed by atoms with Crippen LogP contribution in [0.4, 0.5) is 0 Å². The van der Waals surface area contributed by atoms with E-state index in [0.29, 0.717) is 12.8 Å². The molecule has 5 heteroatoms. The Morgan fingerprint density at radius 1 is 1.53 bits per heavy atom. The molecule has 0 aromatic rings. The standard InChI is InChI=1S/C10H16N2O3/c1-3-5-9(13)12(7-4-6-11)8(2)10(14)15/h8H,3-5,7H2,1-2H3,(H,14,15). The first kappa shape index (κ1) is 13.4. The zero-order chi connectivity index (χ0) is 11.8. The predicted molar refractivity (Wildman–Crippen MR) is 53.9 cm³/mol. The Bertz CT molecular complexity index is 270. The molecule has 0 spiro atoms. The van der Waals surface area contributed by atoms with Crippen molar-refractivity contribution in [2.45, 2.75) is 39.2 Å². The first-order valence-corrected chi connectivity index (χ1v) is 4.93. The van der Waals surface area contributed by atoms with Crippen molar-refractivity contribution in [3.63, 3.8) is 0 Å². The maximum absolute atomic E-state index is 11.5. The highest BCUT2D eigenvalue weighted by Gasteiger charge is 2.24. The molecule has 1 N–H and O–H groups in total. The number of carbonyl (C=O) groups is 2. The summed E-state index contributed by atoms with van der Waals surface area (Å²) in [6.07, 6.45) is 1.16. The number of hydrogen-bond acceptors (Lipinski definition) is 3. The van der Waals surface area contributed by atoms with E-state index in [0.717, 1.165) is 0 Å². The highest BCUT2D eigenvalue weighted by molar-refractivity contribution is 5.83. The highest BCUT2D eigenvalue weighted by Crippen LogP contribution is 2.05. The quantitative estimate of drug-likeness (QED) is 0.712. The van der Waals surface area contributed by atoms with Crippen molar-refractivity contribution in [1.29, 1.82) is 5.26 Å². The predicted octanol–water partition coefficient (Wildman–Crippen LogP) is 1.00. The van der Waals surface area contributed by atoms with Crippen LogP contribution >= 0.6 is 0 Å². The minimum Gasteiger partial charge on any atom is -0.480 e. The zero-order valence-corrected chi connectivity index (χ0v) is 9.06. The Hall–Kier alpha value is -1.57. The van der Waals surface area contributed by atoms with Crippen LogP contribution in [-0.4, -0.2) is 34.5 Å². The van der Waals surface area contributed by atoms with E-state index in [1.165, 1.54) is 11.8 Å². The van der Waals surface area contributed by atoms with Crippen molar-refractivity contribution in [3.8, 4) is 6.07 Å². The average molecular weight is 212 g/mol. The topological polar surface area (TPSA) is 81.4 Å². The largest absolute Gasteiger partial charge is 0.480 e. The van der Waals surface area contributed by atoms with Gasteiger partial charge in [-0.2, -0.15) is 5.26 Å². The zero-order valence-electron chi connectivity index (χ0n) is 9.06. The van der Waals surface area contributed by atoms with Gasteiger partial charge in [0.05, 0.1) is 12.5 Å². The number of carboxylic acid groups (broad SMARTS) is 1. The van der Waals surface area contributed by atoms with Crippen LogP contribution in [0.1, 0.15) is 33.1 Å². The molecule has 0 heterocycles. The van der Waals surface area contributed by atoms with Crippen molar-refractivity contribution in [3.05, 3.63) is 0 Å². The van der Waals surface area contributed by atoms with E-state index >= 15 is 0 Å². The molecular formula is C10H16N2O3. The third-order valence-electron chi connectivity index (χ3n) is 2.07. The summed E-state index contributed by atoms with van der Waals surface area (Å²) < 4.78 is 0. The van der Waals surface area contributed by atoms with Crippen LogP contribution in [-0.2, 0) is 9.59 Å². The van der Waals surface area contributed by atoms with Gasteiger partial charge in [-0.25, -0.2) is 4.79 Å². The molecule has 84 valence electrons. The molecule has 1 atom stereocenters. The van der Waals surface area contributed by atoms with E-state index in [1.807, 2.05) is 13.0 Å². The highest BCUT2D eigenvalue weighted by atomic mass is 16.4. The van der Waals surface area contributed by atoms with Crippen LogP contribution in [0.15, 0.2) is 0 Å². The summed E-state index contributed by atoms with van der Waals surface area (Å²) in [5.41, 5.74) is 0. The van der Waals surface area contributed by atoms with Gasteiger partial charge in [0, 0.05) is 13.0 Å². The molecule has 0 bridgehead atoms. The Morgan fingerprint density at radius 2 is 2.13 bits per heavy atom. The molecule has 15 heavy (non-hydrogen) atoms. The maximum atomic E-state index is 11.5. The fraction of sp³-hybridized carbons (Fsp3) is 0.700. The van der Waals surface area contributed by atoms with E-state index in [4.69, 9.17) is 10.4 Å². The van der Waals surface area contributed by atoms with Gasteiger partial charge in [-0.15, -0.1) is 0 Å². The number of carbonyl (C=O) groups excluding carboxylic acids is 1. The van der Waals surface area contributed by atoms with Gasteiger partial charge in [0.15, 0.2) is 0 Å². The van der Waals surface area contributed by atoms with Gasteiger partial charge in [0.25, 0.3) is 0 Å². The monoisotopic (exact) mass is 212 g/mol. The number of amides is 1. The summed E-state index contributed by atoms with van der Waals surface area (Å²) >= 11 is 0. The molecule has 0 aliphatic rings. The van der Waals surface area contributed by atoms with Crippen molar-refractivity contribution in [2.24, 2.45) is 0 Å². The smallest absolute Gasteiger partial charge is 0.326 e. The van der Waals surface area contributed by atoms with Crippen LogP contribution in [0.3, 0.4) is 0 Å². The molecule has 0 aromatic carbocycles. The number of rotatable bonds is 6. The number of carboxylic acids is 1. The summed E-state index contributed by atoms with van der Waals surface area (Å²) in [5.74, 6) is -1.25. The average Bonchev–Trinajstić information content (AvgIpc) is 2.18. The van der Waals surface area contributed by atoms with Gasteiger partial charge in [0.1, 0.15) is 6.04 Å². The van der Waals surface area contributed by atoms with Gasteiger partial charge in [-0.1, -0.05) is 6.92 Å². The summed E-state index contributed by atoms with van der Waals surface area (Å²) in [7, 11) is 0. The molecule has 0 aliphatic heterocycles. The van der Waals surface area contributed by atoms with Crippen molar-refractivity contribution >= 4 is 11.9 Å². The van der Waals surface area contributed by atoms with Crippen LogP contribution in [0.5, 0.6) is 0 Å². The second-order valence-electron chi connectivity index (χ2n) is 3.26. The van der Waals surface area contributed by atoms with E-state index in [9.17, 15) is 9.59 Å². The molecule has 0 saturated heterocycles. The minimum absolute atomic E-state index is 0.160. The second kappa shape index (κ2) is 6.82. The first-order valence-electron chi connectivity index (χ1n) is 4.93. The van der Waals surface area contributed by atoms with Crippen LogP contribution in [0, 0.1) is 11.3 Å². The summed E-state index contributed by atoms with van der Waals surface area (Å²) in [4.78, 5) is 23.5. The SMILES string of the molecule is CCCC(=O)N(CCC#N)C(C)C(=O)O. The molecule has 0 saturated carbocycles.